The molecule has 5 heteroatoms. The SMILES string of the molecule is c1ccc(COC[C@H](OCc2ccccc2)/C(COC(c2ccccc2)(c2ccccc2)c2ccccc2)=N\OCc2ccccc2)cc1. The van der Waals surface area contributed by atoms with E-state index in [0.717, 1.165) is 33.4 Å². The van der Waals surface area contributed by atoms with Gasteiger partial charge in [-0.25, -0.2) is 0 Å². The Bertz CT molecular complexity index is 1720. The highest BCUT2D eigenvalue weighted by Gasteiger charge is 2.38. The summed E-state index contributed by atoms with van der Waals surface area (Å²) >= 11 is 0. The van der Waals surface area contributed by atoms with Crippen molar-refractivity contribution in [2.45, 2.75) is 31.5 Å². The number of benzene rings is 6. The van der Waals surface area contributed by atoms with E-state index in [-0.39, 0.29) is 13.2 Å². The lowest BCUT2D eigenvalue weighted by atomic mass is 9.80. The minimum Gasteiger partial charge on any atom is -0.391 e. The third-order valence-corrected chi connectivity index (χ3v) is 8.28. The van der Waals surface area contributed by atoms with Crippen LogP contribution in [0, 0.1) is 0 Å². The molecule has 0 saturated heterocycles. The third kappa shape index (κ3) is 9.18. The number of hydrogen-bond acceptors (Lipinski definition) is 5. The number of nitrogens with zero attached hydrogens (tertiary/aromatic N) is 1. The molecule has 49 heavy (non-hydrogen) atoms. The van der Waals surface area contributed by atoms with Gasteiger partial charge in [0.1, 0.15) is 24.0 Å². The van der Waals surface area contributed by atoms with Crippen molar-refractivity contribution in [1.82, 2.24) is 0 Å². The van der Waals surface area contributed by atoms with E-state index in [0.29, 0.717) is 25.5 Å². The highest BCUT2D eigenvalue weighted by atomic mass is 16.6. The van der Waals surface area contributed by atoms with E-state index in [2.05, 4.69) is 48.5 Å². The van der Waals surface area contributed by atoms with Crippen LogP contribution in [0.2, 0.25) is 0 Å². The number of hydrogen-bond donors (Lipinski definition) is 0. The normalized spacial score (nSPS) is 12.4. The van der Waals surface area contributed by atoms with Gasteiger partial charge in [0.2, 0.25) is 0 Å². The van der Waals surface area contributed by atoms with Crippen LogP contribution < -0.4 is 0 Å². The maximum absolute atomic E-state index is 7.20. The quantitative estimate of drug-likeness (QED) is 0.0562. The van der Waals surface area contributed by atoms with Gasteiger partial charge in [0, 0.05) is 0 Å². The van der Waals surface area contributed by atoms with Crippen LogP contribution in [0.15, 0.2) is 187 Å². The minimum absolute atomic E-state index is 0.113. The molecule has 0 aromatic heterocycles. The van der Waals surface area contributed by atoms with Gasteiger partial charge in [-0.1, -0.05) is 187 Å². The Labute approximate surface area is 289 Å². The Morgan fingerprint density at radius 2 is 0.857 bits per heavy atom. The van der Waals surface area contributed by atoms with Crippen molar-refractivity contribution >= 4 is 5.71 Å². The van der Waals surface area contributed by atoms with Gasteiger partial charge in [-0.3, -0.25) is 0 Å². The van der Waals surface area contributed by atoms with Gasteiger partial charge in [0.05, 0.1) is 26.4 Å². The first kappa shape index (κ1) is 33.6. The van der Waals surface area contributed by atoms with Crippen LogP contribution >= 0.6 is 0 Å². The lowest BCUT2D eigenvalue weighted by molar-refractivity contribution is -0.0109. The molecule has 0 fully saturated rings. The molecule has 1 atom stereocenters. The Balaban J connectivity index is 1.36. The van der Waals surface area contributed by atoms with E-state index in [1.807, 2.05) is 133 Å². The molecule has 0 radical (unpaired) electrons. The fraction of sp³-hybridized carbons (Fsp3) is 0.159. The standard InChI is InChI=1S/C44H41NO4/c1-7-19-36(20-8-1)31-46-35-43(47-32-37-21-9-2-10-22-37)42(45-49-33-38-23-11-3-12-24-38)34-48-44(39-25-13-4-14-26-39,40-27-15-5-16-28-40)41-29-17-6-18-30-41/h1-30,43H,31-35H2/b45-42-/t43-/m0/s1. The molecule has 6 rings (SSSR count). The van der Waals surface area contributed by atoms with Crippen LogP contribution in [-0.2, 0) is 44.5 Å². The maximum atomic E-state index is 7.20. The summed E-state index contributed by atoms with van der Waals surface area (Å²) in [7, 11) is 0. The van der Waals surface area contributed by atoms with E-state index in [9.17, 15) is 0 Å². The van der Waals surface area contributed by atoms with Crippen molar-refractivity contribution in [2.24, 2.45) is 5.16 Å². The van der Waals surface area contributed by atoms with E-state index >= 15 is 0 Å². The molecule has 0 N–H and O–H groups in total. The second kappa shape index (κ2) is 17.7. The van der Waals surface area contributed by atoms with Crippen molar-refractivity contribution in [3.8, 4) is 0 Å². The van der Waals surface area contributed by atoms with E-state index < -0.39 is 11.7 Å². The van der Waals surface area contributed by atoms with Crippen LogP contribution in [0.5, 0.6) is 0 Å². The maximum Gasteiger partial charge on any atom is 0.144 e. The van der Waals surface area contributed by atoms with Crippen molar-refractivity contribution in [3.63, 3.8) is 0 Å². The lowest BCUT2D eigenvalue weighted by Crippen LogP contribution is -2.39. The first-order valence-electron chi connectivity index (χ1n) is 16.6. The Hall–Kier alpha value is -5.33. The van der Waals surface area contributed by atoms with E-state index in [1.54, 1.807) is 0 Å². The van der Waals surface area contributed by atoms with E-state index in [4.69, 9.17) is 24.2 Å². The van der Waals surface area contributed by atoms with Gasteiger partial charge in [-0.15, -0.1) is 0 Å². The topological polar surface area (TPSA) is 49.3 Å². The number of ether oxygens (including phenoxy) is 3. The summed E-state index contributed by atoms with van der Waals surface area (Å²) in [6.07, 6.45) is -0.556. The molecule has 246 valence electrons. The molecule has 0 heterocycles. The van der Waals surface area contributed by atoms with Gasteiger partial charge >= 0.3 is 0 Å². The van der Waals surface area contributed by atoms with Gasteiger partial charge in [-0.05, 0) is 33.4 Å². The molecule has 0 unspecified atom stereocenters. The summed E-state index contributed by atoms with van der Waals surface area (Å²) in [5, 5.41) is 4.73. The summed E-state index contributed by atoms with van der Waals surface area (Å²) < 4.78 is 20.1. The molecule has 0 aliphatic carbocycles. The van der Waals surface area contributed by atoms with Crippen LogP contribution in [0.1, 0.15) is 33.4 Å². The average Bonchev–Trinajstić information content (AvgIpc) is 3.18. The zero-order valence-corrected chi connectivity index (χ0v) is 27.5. The first-order valence-corrected chi connectivity index (χ1v) is 16.6. The molecule has 5 nitrogen and oxygen atoms in total. The fourth-order valence-corrected chi connectivity index (χ4v) is 5.76. The highest BCUT2D eigenvalue weighted by molar-refractivity contribution is 5.89. The second-order valence-electron chi connectivity index (χ2n) is 11.7. The van der Waals surface area contributed by atoms with Crippen LogP contribution in [0.25, 0.3) is 0 Å². The van der Waals surface area contributed by atoms with Gasteiger partial charge in [0.25, 0.3) is 0 Å². The molecule has 0 amide bonds. The highest BCUT2D eigenvalue weighted by Crippen LogP contribution is 2.40. The molecule has 6 aromatic rings. The lowest BCUT2D eigenvalue weighted by Gasteiger charge is -2.36. The molecule has 0 aliphatic rings. The summed E-state index contributed by atoms with van der Waals surface area (Å²) in [6.45, 7) is 1.49. The van der Waals surface area contributed by atoms with Crippen LogP contribution in [0.3, 0.4) is 0 Å². The van der Waals surface area contributed by atoms with Crippen molar-refractivity contribution in [1.29, 1.82) is 0 Å². The number of rotatable bonds is 17. The fourth-order valence-electron chi connectivity index (χ4n) is 5.76. The molecule has 6 aromatic carbocycles. The monoisotopic (exact) mass is 647 g/mol. The van der Waals surface area contributed by atoms with E-state index in [1.165, 1.54) is 0 Å². The van der Waals surface area contributed by atoms with Gasteiger partial charge in [0.15, 0.2) is 0 Å². The third-order valence-electron chi connectivity index (χ3n) is 8.28. The zero-order chi connectivity index (χ0) is 33.4. The molecular formula is C44H41NO4. The molecule has 0 saturated carbocycles. The Morgan fingerprint density at radius 3 is 1.31 bits per heavy atom. The van der Waals surface area contributed by atoms with Crippen molar-refractivity contribution in [3.05, 3.63) is 215 Å². The average molecular weight is 648 g/mol. The summed E-state index contributed by atoms with van der Waals surface area (Å²) in [4.78, 5) is 6.03. The van der Waals surface area contributed by atoms with Crippen molar-refractivity contribution < 1.29 is 19.0 Å². The Kier molecular flexibility index (Phi) is 12.1. The van der Waals surface area contributed by atoms with Crippen molar-refractivity contribution in [2.75, 3.05) is 13.2 Å². The minimum atomic E-state index is -0.946. The predicted octanol–water partition coefficient (Wildman–Crippen LogP) is 9.37. The largest absolute Gasteiger partial charge is 0.391 e. The molecule has 0 spiro atoms. The number of oxime groups is 1. The molecule has 0 aliphatic heterocycles. The molecular weight excluding hydrogens is 606 g/mol. The van der Waals surface area contributed by atoms with Gasteiger partial charge in [-0.2, -0.15) is 0 Å². The molecule has 0 bridgehead atoms. The smallest absolute Gasteiger partial charge is 0.144 e. The summed E-state index contributed by atoms with van der Waals surface area (Å²) in [5.74, 6) is 0. The summed E-state index contributed by atoms with van der Waals surface area (Å²) in [6, 6.07) is 61.2. The summed E-state index contributed by atoms with van der Waals surface area (Å²) in [5.41, 5.74) is 5.78. The second-order valence-corrected chi connectivity index (χ2v) is 11.7. The van der Waals surface area contributed by atoms with Crippen LogP contribution in [-0.4, -0.2) is 25.0 Å². The van der Waals surface area contributed by atoms with Gasteiger partial charge < -0.3 is 19.0 Å². The first-order chi connectivity index (χ1) is 24.3. The Morgan fingerprint density at radius 1 is 0.469 bits per heavy atom. The predicted molar refractivity (Wildman–Crippen MR) is 195 cm³/mol. The van der Waals surface area contributed by atoms with Crippen LogP contribution in [0.4, 0.5) is 0 Å². The zero-order valence-electron chi connectivity index (χ0n) is 27.5.